The summed E-state index contributed by atoms with van der Waals surface area (Å²) in [6.07, 6.45) is 0.792. The average Bonchev–Trinajstić information content (AvgIpc) is 2.09. The highest BCUT2D eigenvalue weighted by Gasteiger charge is 2.11. The number of rotatable bonds is 2. The zero-order valence-electron chi connectivity index (χ0n) is 7.60. The summed E-state index contributed by atoms with van der Waals surface area (Å²) in [5, 5.41) is 9.68. The van der Waals surface area contributed by atoms with Crippen LogP contribution in [0.2, 0.25) is 5.02 Å². The smallest absolute Gasteiger partial charge is 0.163 e. The fraction of sp³-hybridized carbons (Fsp3) is 0.300. The van der Waals surface area contributed by atoms with Crippen LogP contribution in [0.4, 0.5) is 0 Å². The van der Waals surface area contributed by atoms with Crippen LogP contribution in [0.25, 0.3) is 0 Å². The van der Waals surface area contributed by atoms with Crippen molar-refractivity contribution in [2.24, 2.45) is 0 Å². The van der Waals surface area contributed by atoms with Gasteiger partial charge in [-0.1, -0.05) is 18.5 Å². The van der Waals surface area contributed by atoms with E-state index in [2.05, 4.69) is 0 Å². The van der Waals surface area contributed by atoms with E-state index in [1.807, 2.05) is 6.92 Å². The first kappa shape index (κ1) is 10.1. The minimum Gasteiger partial charge on any atom is -0.506 e. The lowest BCUT2D eigenvalue weighted by Gasteiger charge is -2.05. The molecular weight excluding hydrogens is 188 g/mol. The van der Waals surface area contributed by atoms with Gasteiger partial charge in [0.05, 0.1) is 10.6 Å². The summed E-state index contributed by atoms with van der Waals surface area (Å²) in [5.41, 5.74) is 1.25. The molecule has 0 saturated heterocycles. The number of benzene rings is 1. The lowest BCUT2D eigenvalue weighted by Crippen LogP contribution is -1.95. The van der Waals surface area contributed by atoms with E-state index in [0.29, 0.717) is 5.56 Å². The van der Waals surface area contributed by atoms with Crippen molar-refractivity contribution in [1.82, 2.24) is 0 Å². The largest absolute Gasteiger partial charge is 0.506 e. The van der Waals surface area contributed by atoms with Crippen molar-refractivity contribution in [2.45, 2.75) is 20.3 Å². The van der Waals surface area contributed by atoms with Gasteiger partial charge in [0.2, 0.25) is 0 Å². The maximum atomic E-state index is 11.1. The molecule has 0 aromatic heterocycles. The van der Waals surface area contributed by atoms with Crippen LogP contribution in [-0.4, -0.2) is 10.9 Å². The van der Waals surface area contributed by atoms with Crippen LogP contribution in [0.3, 0.4) is 0 Å². The summed E-state index contributed by atoms with van der Waals surface area (Å²) in [6.45, 7) is 3.37. The molecule has 0 saturated carbocycles. The fourth-order valence-electron chi connectivity index (χ4n) is 1.13. The number of halogens is 1. The molecule has 0 spiro atoms. The number of aryl methyl sites for hydroxylation is 1. The van der Waals surface area contributed by atoms with E-state index < -0.39 is 0 Å². The number of carbonyl (C=O) groups excluding carboxylic acids is 1. The van der Waals surface area contributed by atoms with E-state index in [1.165, 1.54) is 6.92 Å². The Hall–Kier alpha value is -1.02. The highest BCUT2D eigenvalue weighted by atomic mass is 35.5. The van der Waals surface area contributed by atoms with Gasteiger partial charge in [0.15, 0.2) is 5.78 Å². The molecule has 0 aliphatic carbocycles. The zero-order valence-corrected chi connectivity index (χ0v) is 8.35. The minimum absolute atomic E-state index is 0.119. The van der Waals surface area contributed by atoms with Crippen molar-refractivity contribution in [1.29, 1.82) is 0 Å². The third-order valence-corrected chi connectivity index (χ3v) is 2.20. The predicted octanol–water partition coefficient (Wildman–Crippen LogP) is 2.81. The Morgan fingerprint density at radius 3 is 2.62 bits per heavy atom. The molecule has 1 aromatic carbocycles. The average molecular weight is 199 g/mol. The molecule has 0 unspecified atom stereocenters. The molecule has 0 aliphatic heterocycles. The number of phenols is 1. The second-order valence-electron chi connectivity index (χ2n) is 2.88. The monoisotopic (exact) mass is 198 g/mol. The van der Waals surface area contributed by atoms with Gasteiger partial charge in [-0.25, -0.2) is 0 Å². The molecule has 70 valence electrons. The Labute approximate surface area is 82.2 Å². The molecule has 1 N–H and O–H groups in total. The number of carbonyl (C=O) groups is 1. The van der Waals surface area contributed by atoms with Crippen molar-refractivity contribution < 1.29 is 9.90 Å². The van der Waals surface area contributed by atoms with Crippen LogP contribution in [0.5, 0.6) is 5.75 Å². The number of ketones is 1. The zero-order chi connectivity index (χ0) is 10.0. The topological polar surface area (TPSA) is 37.3 Å². The minimum atomic E-state index is -0.172. The molecule has 0 heterocycles. The second kappa shape index (κ2) is 3.79. The first-order valence-corrected chi connectivity index (χ1v) is 4.46. The van der Waals surface area contributed by atoms with Crippen LogP contribution < -0.4 is 0 Å². The normalized spacial score (nSPS) is 10.1. The maximum Gasteiger partial charge on any atom is 0.163 e. The van der Waals surface area contributed by atoms with Gasteiger partial charge in [0, 0.05) is 0 Å². The number of Topliss-reactive ketones (excluding diaryl/α,β-unsaturated/α-hetero) is 1. The fourth-order valence-corrected chi connectivity index (χ4v) is 1.37. The highest BCUT2D eigenvalue weighted by molar-refractivity contribution is 6.32. The standard InChI is InChI=1S/C10H11ClO2/c1-3-7-4-8(6(2)12)10(13)9(11)5-7/h4-5,13H,3H2,1-2H3. The first-order chi connectivity index (χ1) is 6.06. The van der Waals surface area contributed by atoms with Crippen LogP contribution in [0.15, 0.2) is 12.1 Å². The molecule has 1 aromatic rings. The summed E-state index contributed by atoms with van der Waals surface area (Å²) in [6, 6.07) is 3.34. The van der Waals surface area contributed by atoms with Gasteiger partial charge in [0.25, 0.3) is 0 Å². The molecule has 0 amide bonds. The van der Waals surface area contributed by atoms with E-state index in [4.69, 9.17) is 11.6 Å². The molecular formula is C10H11ClO2. The first-order valence-electron chi connectivity index (χ1n) is 4.08. The van der Waals surface area contributed by atoms with Crippen LogP contribution in [0, 0.1) is 0 Å². The Bertz CT molecular complexity index is 345. The maximum absolute atomic E-state index is 11.1. The lowest BCUT2D eigenvalue weighted by molar-refractivity contribution is 0.101. The summed E-state index contributed by atoms with van der Waals surface area (Å²) in [4.78, 5) is 11.1. The van der Waals surface area contributed by atoms with Crippen molar-refractivity contribution in [3.05, 3.63) is 28.3 Å². The van der Waals surface area contributed by atoms with Crippen LogP contribution in [0.1, 0.15) is 29.8 Å². The van der Waals surface area contributed by atoms with E-state index in [9.17, 15) is 9.90 Å². The Balaban J connectivity index is 3.33. The molecule has 2 nitrogen and oxygen atoms in total. The van der Waals surface area contributed by atoms with Gasteiger partial charge in [-0.3, -0.25) is 4.79 Å². The van der Waals surface area contributed by atoms with E-state index in [0.717, 1.165) is 12.0 Å². The van der Waals surface area contributed by atoms with Gasteiger partial charge in [0.1, 0.15) is 5.75 Å². The Morgan fingerprint density at radius 2 is 2.15 bits per heavy atom. The van der Waals surface area contributed by atoms with Crippen molar-refractivity contribution in [3.63, 3.8) is 0 Å². The molecule has 13 heavy (non-hydrogen) atoms. The summed E-state index contributed by atoms with van der Waals surface area (Å²) < 4.78 is 0. The number of phenolic OH excluding ortho intramolecular Hbond substituents is 1. The van der Waals surface area contributed by atoms with Crippen molar-refractivity contribution in [2.75, 3.05) is 0 Å². The molecule has 0 fully saturated rings. The Kier molecular flexibility index (Phi) is 2.94. The summed E-state index contributed by atoms with van der Waals surface area (Å²) >= 11 is 5.74. The predicted molar refractivity (Wildman–Crippen MR) is 52.5 cm³/mol. The number of aromatic hydroxyl groups is 1. The third-order valence-electron chi connectivity index (χ3n) is 1.91. The highest BCUT2D eigenvalue weighted by Crippen LogP contribution is 2.29. The molecule has 0 atom stereocenters. The molecule has 0 bridgehead atoms. The van der Waals surface area contributed by atoms with Gasteiger partial charge in [-0.15, -0.1) is 0 Å². The van der Waals surface area contributed by atoms with Gasteiger partial charge in [-0.2, -0.15) is 0 Å². The van der Waals surface area contributed by atoms with Gasteiger partial charge >= 0.3 is 0 Å². The van der Waals surface area contributed by atoms with Crippen LogP contribution >= 0.6 is 11.6 Å². The third kappa shape index (κ3) is 2.01. The second-order valence-corrected chi connectivity index (χ2v) is 3.29. The molecule has 0 radical (unpaired) electrons. The summed E-state index contributed by atoms with van der Waals surface area (Å²) in [7, 11) is 0. The number of hydrogen-bond acceptors (Lipinski definition) is 2. The SMILES string of the molecule is CCc1cc(Cl)c(O)c(C(C)=O)c1. The number of hydrogen-bond donors (Lipinski definition) is 1. The molecule has 0 aliphatic rings. The van der Waals surface area contributed by atoms with Crippen LogP contribution in [-0.2, 0) is 6.42 Å². The van der Waals surface area contributed by atoms with Crippen molar-refractivity contribution >= 4 is 17.4 Å². The van der Waals surface area contributed by atoms with E-state index >= 15 is 0 Å². The lowest BCUT2D eigenvalue weighted by atomic mass is 10.1. The van der Waals surface area contributed by atoms with E-state index in [-0.39, 0.29) is 16.6 Å². The van der Waals surface area contributed by atoms with Crippen molar-refractivity contribution in [3.8, 4) is 5.75 Å². The Morgan fingerprint density at radius 1 is 1.54 bits per heavy atom. The quantitative estimate of drug-likeness (QED) is 0.742. The summed E-state index contributed by atoms with van der Waals surface area (Å²) in [5.74, 6) is -0.291. The van der Waals surface area contributed by atoms with Gasteiger partial charge < -0.3 is 5.11 Å². The van der Waals surface area contributed by atoms with Gasteiger partial charge in [-0.05, 0) is 31.0 Å². The molecule has 3 heteroatoms. The molecule has 1 rings (SSSR count). The van der Waals surface area contributed by atoms with E-state index in [1.54, 1.807) is 12.1 Å².